The number of allylic oxidation sites excluding steroid dienone is 8. The van der Waals surface area contributed by atoms with Crippen LogP contribution in [0.2, 0.25) is 0 Å². The highest BCUT2D eigenvalue weighted by molar-refractivity contribution is 6.49. The highest BCUT2D eigenvalue weighted by Gasteiger charge is 2.51. The molecule has 0 radical (unpaired) electrons. The Bertz CT molecular complexity index is 1420. The van der Waals surface area contributed by atoms with Crippen LogP contribution in [0.15, 0.2) is 95.1 Å². The van der Waals surface area contributed by atoms with Crippen LogP contribution < -0.4 is 0 Å². The molecule has 0 saturated heterocycles. The highest BCUT2D eigenvalue weighted by Crippen LogP contribution is 2.58. The van der Waals surface area contributed by atoms with E-state index >= 15 is 0 Å². The van der Waals surface area contributed by atoms with Crippen molar-refractivity contribution in [2.75, 3.05) is 0 Å². The zero-order valence-corrected chi connectivity index (χ0v) is 22.1. The molecule has 4 heteroatoms. The number of rotatable bonds is 2. The summed E-state index contributed by atoms with van der Waals surface area (Å²) >= 11 is 0. The van der Waals surface area contributed by atoms with E-state index in [0.717, 1.165) is 22.3 Å². The first-order chi connectivity index (χ1) is 17.3. The fourth-order valence-electron chi connectivity index (χ4n) is 5.78. The number of carbonyl (C=O) groups excluding carboxylic acids is 4. The van der Waals surface area contributed by atoms with Gasteiger partial charge in [0, 0.05) is 11.1 Å². The number of fused-ring (bicyclic) bond motifs is 3. The Morgan fingerprint density at radius 2 is 0.865 bits per heavy atom. The molecule has 0 heterocycles. The minimum absolute atomic E-state index is 0.426. The van der Waals surface area contributed by atoms with E-state index in [-0.39, 0.29) is 0 Å². The highest BCUT2D eigenvalue weighted by atomic mass is 16.2. The van der Waals surface area contributed by atoms with Crippen LogP contribution in [0.25, 0.3) is 11.1 Å². The Labute approximate surface area is 217 Å². The van der Waals surface area contributed by atoms with Gasteiger partial charge in [0.25, 0.3) is 0 Å². The van der Waals surface area contributed by atoms with Gasteiger partial charge in [-0.3, -0.25) is 19.2 Å². The molecule has 37 heavy (non-hydrogen) atoms. The summed E-state index contributed by atoms with van der Waals surface area (Å²) in [6.07, 6.45) is 6.50. The predicted octanol–water partition coefficient (Wildman–Crippen LogP) is 6.05. The van der Waals surface area contributed by atoms with Crippen LogP contribution in [0.3, 0.4) is 0 Å². The van der Waals surface area contributed by atoms with Gasteiger partial charge in [-0.2, -0.15) is 0 Å². The molecule has 0 amide bonds. The normalized spacial score (nSPS) is 19.1. The Morgan fingerprint density at radius 3 is 1.22 bits per heavy atom. The van der Waals surface area contributed by atoms with Gasteiger partial charge < -0.3 is 0 Å². The first-order valence-electron chi connectivity index (χ1n) is 12.5. The van der Waals surface area contributed by atoms with E-state index in [4.69, 9.17) is 0 Å². The average molecular weight is 491 g/mol. The molecular formula is C33H30O4. The topological polar surface area (TPSA) is 68.3 Å². The van der Waals surface area contributed by atoms with Crippen LogP contribution in [0.5, 0.6) is 0 Å². The van der Waals surface area contributed by atoms with Gasteiger partial charge in [-0.15, -0.1) is 0 Å². The van der Waals surface area contributed by atoms with E-state index < -0.39 is 39.4 Å². The minimum atomic E-state index is -1.05. The third kappa shape index (κ3) is 3.58. The summed E-state index contributed by atoms with van der Waals surface area (Å²) in [6.45, 7) is 11.5. The van der Waals surface area contributed by atoms with Crippen molar-refractivity contribution in [1.82, 2.24) is 0 Å². The van der Waals surface area contributed by atoms with Crippen molar-refractivity contribution < 1.29 is 19.2 Å². The maximum atomic E-state index is 13.2. The molecule has 186 valence electrons. The molecule has 2 aromatic rings. The standard InChI is InChI=1S/C33H30O4/c1-31(2,3)25-15-19(17-27(34)29(25)36)33(20-16-26(32(4,5)6)30(37)28(35)18-20)23-13-9-7-11-21(23)22-12-8-10-14-24(22)33/h7-18H,1-6H3. The molecule has 0 bridgehead atoms. The Hall–Kier alpha value is -3.92. The number of Topliss-reactive ketones (excluding diaryl/α,β-unsaturated/α-hetero) is 2. The van der Waals surface area contributed by atoms with Crippen LogP contribution in [-0.4, -0.2) is 23.1 Å². The van der Waals surface area contributed by atoms with Crippen LogP contribution in [-0.2, 0) is 24.6 Å². The Kier molecular flexibility index (Phi) is 5.38. The SMILES string of the molecule is CC(C)(C)C1=CC(C2(C3=CC(=O)C(=O)C(C(C)(C)C)=C3)c3ccccc3-c3ccccc32)=CC(=O)C1=O. The summed E-state index contributed by atoms with van der Waals surface area (Å²) in [5.74, 6) is -2.19. The van der Waals surface area contributed by atoms with Gasteiger partial charge in [-0.05, 0) is 68.5 Å². The van der Waals surface area contributed by atoms with E-state index in [1.165, 1.54) is 12.2 Å². The lowest BCUT2D eigenvalue weighted by atomic mass is 9.62. The van der Waals surface area contributed by atoms with Crippen molar-refractivity contribution in [1.29, 1.82) is 0 Å². The molecule has 4 nitrogen and oxygen atoms in total. The molecular weight excluding hydrogens is 460 g/mol. The fraction of sp³-hybridized carbons (Fsp3) is 0.273. The first kappa shape index (κ1) is 24.8. The number of hydrogen-bond acceptors (Lipinski definition) is 4. The maximum absolute atomic E-state index is 13.2. The third-order valence-corrected chi connectivity index (χ3v) is 7.54. The average Bonchev–Trinajstić information content (AvgIpc) is 3.12. The van der Waals surface area contributed by atoms with Crippen LogP contribution in [0.4, 0.5) is 0 Å². The molecule has 0 unspecified atom stereocenters. The van der Waals surface area contributed by atoms with Crippen molar-refractivity contribution in [3.63, 3.8) is 0 Å². The third-order valence-electron chi connectivity index (χ3n) is 7.54. The van der Waals surface area contributed by atoms with Crippen molar-refractivity contribution in [2.45, 2.75) is 47.0 Å². The summed E-state index contributed by atoms with van der Waals surface area (Å²) in [5, 5.41) is 0. The zero-order valence-electron chi connectivity index (χ0n) is 22.1. The molecule has 3 aliphatic rings. The largest absolute Gasteiger partial charge is 0.286 e. The summed E-state index contributed by atoms with van der Waals surface area (Å²) in [6, 6.07) is 15.9. The summed E-state index contributed by atoms with van der Waals surface area (Å²) < 4.78 is 0. The van der Waals surface area contributed by atoms with Gasteiger partial charge in [0.1, 0.15) is 0 Å². The molecule has 0 fully saturated rings. The van der Waals surface area contributed by atoms with Crippen LogP contribution >= 0.6 is 0 Å². The minimum Gasteiger partial charge on any atom is -0.286 e. The Balaban J connectivity index is 1.95. The van der Waals surface area contributed by atoms with Gasteiger partial charge in [-0.25, -0.2) is 0 Å². The second kappa shape index (κ2) is 8.04. The van der Waals surface area contributed by atoms with Crippen molar-refractivity contribution >= 4 is 23.1 Å². The first-order valence-corrected chi connectivity index (χ1v) is 12.5. The van der Waals surface area contributed by atoms with E-state index in [1.807, 2.05) is 102 Å². The maximum Gasteiger partial charge on any atom is 0.229 e. The smallest absolute Gasteiger partial charge is 0.229 e. The van der Waals surface area contributed by atoms with Crippen molar-refractivity contribution in [3.8, 4) is 11.1 Å². The molecule has 0 saturated carbocycles. The molecule has 0 atom stereocenters. The van der Waals surface area contributed by atoms with Gasteiger partial charge >= 0.3 is 0 Å². The van der Waals surface area contributed by atoms with E-state index in [0.29, 0.717) is 22.3 Å². The molecule has 0 spiro atoms. The number of hydrogen-bond donors (Lipinski definition) is 0. The molecule has 5 rings (SSSR count). The number of ketones is 4. The van der Waals surface area contributed by atoms with Crippen LogP contribution in [0, 0.1) is 10.8 Å². The van der Waals surface area contributed by atoms with Gasteiger partial charge in [0.05, 0.1) is 5.41 Å². The monoisotopic (exact) mass is 490 g/mol. The Morgan fingerprint density at radius 1 is 0.514 bits per heavy atom. The molecule has 0 aromatic heterocycles. The summed E-state index contributed by atoms with van der Waals surface area (Å²) in [5.41, 5.74) is 3.72. The number of benzene rings is 2. The lowest BCUT2D eigenvalue weighted by Crippen LogP contribution is -2.37. The molecule has 0 aliphatic heterocycles. The molecule has 3 aliphatic carbocycles. The lowest BCUT2D eigenvalue weighted by Gasteiger charge is -2.39. The van der Waals surface area contributed by atoms with E-state index in [2.05, 4.69) is 0 Å². The van der Waals surface area contributed by atoms with Crippen LogP contribution in [0.1, 0.15) is 52.7 Å². The number of carbonyl (C=O) groups is 4. The quantitative estimate of drug-likeness (QED) is 0.379. The molecule has 0 N–H and O–H groups in total. The predicted molar refractivity (Wildman–Crippen MR) is 144 cm³/mol. The zero-order chi connectivity index (χ0) is 26.9. The van der Waals surface area contributed by atoms with Gasteiger partial charge in [0.15, 0.2) is 0 Å². The van der Waals surface area contributed by atoms with Crippen molar-refractivity contribution in [2.24, 2.45) is 10.8 Å². The second-order valence-electron chi connectivity index (χ2n) is 12.0. The molecule has 2 aromatic carbocycles. The summed E-state index contributed by atoms with van der Waals surface area (Å²) in [4.78, 5) is 52.4. The van der Waals surface area contributed by atoms with Gasteiger partial charge in [-0.1, -0.05) is 90.1 Å². The van der Waals surface area contributed by atoms with Gasteiger partial charge in [0.2, 0.25) is 23.1 Å². The van der Waals surface area contributed by atoms with E-state index in [1.54, 1.807) is 0 Å². The lowest BCUT2D eigenvalue weighted by molar-refractivity contribution is -0.132. The summed E-state index contributed by atoms with van der Waals surface area (Å²) in [7, 11) is 0. The van der Waals surface area contributed by atoms with E-state index in [9.17, 15) is 19.2 Å². The second-order valence-corrected chi connectivity index (χ2v) is 12.0. The fourth-order valence-corrected chi connectivity index (χ4v) is 5.78. The van der Waals surface area contributed by atoms with Crippen molar-refractivity contribution in [3.05, 3.63) is 106 Å².